The molecule has 1 N–H and O–H groups in total. The van der Waals surface area contributed by atoms with Gasteiger partial charge in [0.25, 0.3) is 11.7 Å². The Hall–Kier alpha value is -3.35. The highest BCUT2D eigenvalue weighted by molar-refractivity contribution is 6.05. The van der Waals surface area contributed by atoms with Crippen LogP contribution in [-0.4, -0.2) is 17.7 Å². The van der Waals surface area contributed by atoms with E-state index in [0.717, 1.165) is 6.92 Å². The third kappa shape index (κ3) is 3.03. The summed E-state index contributed by atoms with van der Waals surface area (Å²) in [5.74, 6) is -2.20. The molecule has 0 bridgehead atoms. The maximum atomic E-state index is 12.7. The van der Waals surface area contributed by atoms with Crippen molar-refractivity contribution in [2.45, 2.75) is 19.4 Å². The predicted octanol–water partition coefficient (Wildman–Crippen LogP) is 2.26. The van der Waals surface area contributed by atoms with Crippen molar-refractivity contribution in [3.05, 3.63) is 71.7 Å². The second-order valence-corrected chi connectivity index (χ2v) is 5.51. The molecule has 0 fully saturated rings. The molecule has 7 nitrogen and oxygen atoms in total. The number of Topliss-reactive ketones (excluding diaryl/α,β-unsaturated/α-hetero) is 1. The molecule has 1 unspecified atom stereocenters. The van der Waals surface area contributed by atoms with E-state index in [1.54, 1.807) is 42.5 Å². The fourth-order valence-corrected chi connectivity index (χ4v) is 2.41. The molecule has 0 spiro atoms. The molecule has 2 heterocycles. The first-order chi connectivity index (χ1) is 11.9. The van der Waals surface area contributed by atoms with Crippen LogP contribution in [0.4, 0.5) is 0 Å². The highest BCUT2D eigenvalue weighted by Crippen LogP contribution is 2.38. The van der Waals surface area contributed by atoms with Gasteiger partial charge in [0.1, 0.15) is 0 Å². The summed E-state index contributed by atoms with van der Waals surface area (Å²) in [5.41, 5.74) is -1.17. The number of carbonyl (C=O) groups is 3. The number of furan rings is 1. The summed E-state index contributed by atoms with van der Waals surface area (Å²) in [4.78, 5) is 36.4. The maximum absolute atomic E-state index is 12.7. The van der Waals surface area contributed by atoms with E-state index in [2.05, 4.69) is 5.32 Å². The number of hydrogen-bond donors (Lipinski definition) is 1. The Labute approximate surface area is 143 Å². The van der Waals surface area contributed by atoms with Crippen LogP contribution in [-0.2, 0) is 24.7 Å². The predicted molar refractivity (Wildman–Crippen MR) is 84.9 cm³/mol. The molecule has 1 aliphatic rings. The van der Waals surface area contributed by atoms with Crippen molar-refractivity contribution in [3.63, 3.8) is 0 Å². The lowest BCUT2D eigenvalue weighted by Gasteiger charge is -2.20. The first-order valence-corrected chi connectivity index (χ1v) is 7.48. The van der Waals surface area contributed by atoms with Crippen LogP contribution < -0.4 is 5.32 Å². The second kappa shape index (κ2) is 6.27. The molecule has 1 aromatic heterocycles. The van der Waals surface area contributed by atoms with E-state index in [4.69, 9.17) is 13.9 Å². The quantitative estimate of drug-likeness (QED) is 0.857. The van der Waals surface area contributed by atoms with Crippen molar-refractivity contribution in [3.8, 4) is 0 Å². The van der Waals surface area contributed by atoms with Crippen LogP contribution in [0, 0.1) is 0 Å². The molecule has 2 aromatic rings. The number of carbonyl (C=O) groups excluding carboxylic acids is 3. The van der Waals surface area contributed by atoms with Gasteiger partial charge in [-0.25, -0.2) is 0 Å². The van der Waals surface area contributed by atoms with Crippen molar-refractivity contribution in [2.75, 3.05) is 0 Å². The van der Waals surface area contributed by atoms with E-state index in [9.17, 15) is 14.4 Å². The molecule has 1 atom stereocenters. The normalized spacial score (nSPS) is 19.5. The Morgan fingerprint density at radius 3 is 2.44 bits per heavy atom. The third-order valence-corrected chi connectivity index (χ3v) is 3.65. The van der Waals surface area contributed by atoms with Gasteiger partial charge in [0.15, 0.2) is 5.76 Å². The molecular weight excluding hydrogens is 326 g/mol. The summed E-state index contributed by atoms with van der Waals surface area (Å²) in [6.07, 6.45) is 1.39. The van der Waals surface area contributed by atoms with Gasteiger partial charge in [0.05, 0.1) is 6.26 Å². The highest BCUT2D eigenvalue weighted by Gasteiger charge is 2.51. The van der Waals surface area contributed by atoms with Gasteiger partial charge in [-0.2, -0.15) is 0 Å². The van der Waals surface area contributed by atoms with Gasteiger partial charge in [0, 0.05) is 12.5 Å². The summed E-state index contributed by atoms with van der Waals surface area (Å²) in [5, 5.41) is 2.48. The fourth-order valence-electron chi connectivity index (χ4n) is 2.41. The highest BCUT2D eigenvalue weighted by atomic mass is 16.6. The van der Waals surface area contributed by atoms with E-state index < -0.39 is 23.3 Å². The van der Waals surface area contributed by atoms with E-state index in [-0.39, 0.29) is 17.4 Å². The third-order valence-electron chi connectivity index (χ3n) is 3.65. The number of esters is 1. The standard InChI is InChI=1S/C18H15NO6/c1-11(20)24-14-15(21)18(2,13-9-6-10-23-13)25-17(14)19-16(22)12-7-4-3-5-8-12/h3-10H,1-2H3,(H,19,22). The molecule has 25 heavy (non-hydrogen) atoms. The maximum Gasteiger partial charge on any atom is 0.308 e. The topological polar surface area (TPSA) is 94.8 Å². The van der Waals surface area contributed by atoms with Gasteiger partial charge < -0.3 is 13.9 Å². The largest absolute Gasteiger partial charge is 0.465 e. The van der Waals surface area contributed by atoms with Crippen LogP contribution in [0.25, 0.3) is 0 Å². The van der Waals surface area contributed by atoms with E-state index in [1.165, 1.54) is 13.2 Å². The summed E-state index contributed by atoms with van der Waals surface area (Å²) in [6.45, 7) is 2.62. The minimum Gasteiger partial charge on any atom is -0.465 e. The summed E-state index contributed by atoms with van der Waals surface area (Å²) in [6, 6.07) is 11.5. The molecule has 1 aliphatic heterocycles. The number of ether oxygens (including phenoxy) is 2. The minimum atomic E-state index is -1.53. The van der Waals surface area contributed by atoms with Crippen molar-refractivity contribution in [1.82, 2.24) is 5.32 Å². The number of amides is 1. The Morgan fingerprint density at radius 1 is 1.12 bits per heavy atom. The number of rotatable bonds is 4. The molecule has 128 valence electrons. The van der Waals surface area contributed by atoms with E-state index in [1.807, 2.05) is 0 Å². The van der Waals surface area contributed by atoms with Crippen LogP contribution >= 0.6 is 0 Å². The molecule has 0 radical (unpaired) electrons. The number of hydrogen-bond acceptors (Lipinski definition) is 6. The van der Waals surface area contributed by atoms with Gasteiger partial charge in [0.2, 0.25) is 17.2 Å². The Kier molecular flexibility index (Phi) is 4.14. The van der Waals surface area contributed by atoms with Crippen LogP contribution in [0.5, 0.6) is 0 Å². The van der Waals surface area contributed by atoms with Crippen LogP contribution in [0.1, 0.15) is 30.0 Å². The molecule has 3 rings (SSSR count). The van der Waals surface area contributed by atoms with E-state index >= 15 is 0 Å². The lowest BCUT2D eigenvalue weighted by atomic mass is 9.98. The van der Waals surface area contributed by atoms with Gasteiger partial charge in [-0.3, -0.25) is 19.7 Å². The smallest absolute Gasteiger partial charge is 0.308 e. The molecule has 0 aliphatic carbocycles. The minimum absolute atomic E-state index is 0.228. The van der Waals surface area contributed by atoms with Crippen molar-refractivity contribution in [2.24, 2.45) is 0 Å². The van der Waals surface area contributed by atoms with Gasteiger partial charge in [-0.1, -0.05) is 18.2 Å². The fraction of sp³-hybridized carbons (Fsp3) is 0.167. The molecular formula is C18H15NO6. The van der Waals surface area contributed by atoms with Crippen molar-refractivity contribution < 1.29 is 28.3 Å². The zero-order valence-electron chi connectivity index (χ0n) is 13.6. The van der Waals surface area contributed by atoms with Gasteiger partial charge in [-0.15, -0.1) is 0 Å². The zero-order chi connectivity index (χ0) is 18.0. The van der Waals surface area contributed by atoms with Crippen LogP contribution in [0.3, 0.4) is 0 Å². The Morgan fingerprint density at radius 2 is 1.84 bits per heavy atom. The Bertz CT molecular complexity index is 853. The van der Waals surface area contributed by atoms with Crippen LogP contribution in [0.15, 0.2) is 64.8 Å². The SMILES string of the molecule is CC(=O)OC1=C(NC(=O)c2ccccc2)OC(C)(c2ccco2)C1=O. The summed E-state index contributed by atoms with van der Waals surface area (Å²) >= 11 is 0. The average molecular weight is 341 g/mol. The first-order valence-electron chi connectivity index (χ1n) is 7.48. The monoisotopic (exact) mass is 341 g/mol. The number of ketones is 1. The van der Waals surface area contributed by atoms with Crippen LogP contribution in [0.2, 0.25) is 0 Å². The molecule has 0 saturated carbocycles. The lowest BCUT2D eigenvalue weighted by Crippen LogP contribution is -2.32. The number of benzene rings is 1. The summed E-state index contributed by atoms with van der Waals surface area (Å²) < 4.78 is 15.9. The lowest BCUT2D eigenvalue weighted by molar-refractivity contribution is -0.142. The molecule has 1 amide bonds. The number of nitrogens with one attached hydrogen (secondary N) is 1. The molecule has 1 aromatic carbocycles. The second-order valence-electron chi connectivity index (χ2n) is 5.51. The van der Waals surface area contributed by atoms with Gasteiger partial charge in [-0.05, 0) is 31.2 Å². The Balaban J connectivity index is 1.93. The average Bonchev–Trinajstić information content (AvgIpc) is 3.20. The van der Waals surface area contributed by atoms with E-state index in [0.29, 0.717) is 5.56 Å². The summed E-state index contributed by atoms with van der Waals surface area (Å²) in [7, 11) is 0. The first kappa shape index (κ1) is 16.5. The van der Waals surface area contributed by atoms with Gasteiger partial charge >= 0.3 is 5.97 Å². The van der Waals surface area contributed by atoms with Crippen molar-refractivity contribution >= 4 is 17.7 Å². The van der Waals surface area contributed by atoms with Crippen molar-refractivity contribution in [1.29, 1.82) is 0 Å². The molecule has 7 heteroatoms. The molecule has 0 saturated heterocycles. The zero-order valence-corrected chi connectivity index (χ0v) is 13.6.